The van der Waals surface area contributed by atoms with Crippen molar-refractivity contribution in [1.82, 2.24) is 5.06 Å². The summed E-state index contributed by atoms with van der Waals surface area (Å²) in [5, 5.41) is 12.0. The number of nitrogens with zero attached hydrogens (tertiary/aromatic N) is 1. The van der Waals surface area contributed by atoms with Crippen molar-refractivity contribution in [3.05, 3.63) is 108 Å². The number of carbonyl (C=O) groups is 1. The zero-order chi connectivity index (χ0) is 24.5. The molecule has 3 aromatic carbocycles. The quantitative estimate of drug-likeness (QED) is 0.419. The average molecular weight is 478 g/mol. The molecule has 0 saturated carbocycles. The van der Waals surface area contributed by atoms with Crippen molar-refractivity contribution in [2.24, 2.45) is 0 Å². The van der Waals surface area contributed by atoms with Crippen molar-refractivity contribution in [3.8, 4) is 0 Å². The monoisotopic (exact) mass is 477 g/mol. The van der Waals surface area contributed by atoms with Gasteiger partial charge in [0.15, 0.2) is 6.04 Å². The summed E-state index contributed by atoms with van der Waals surface area (Å²) in [5.74, 6) is -0.593. The Hall–Kier alpha value is -3.07. The third kappa shape index (κ3) is 6.54. The van der Waals surface area contributed by atoms with E-state index >= 15 is 0 Å². The molecule has 35 heavy (non-hydrogen) atoms. The number of esters is 1. The first kappa shape index (κ1) is 25.0. The number of ether oxygens (including phenoxy) is 4. The van der Waals surface area contributed by atoms with Crippen LogP contribution in [0.2, 0.25) is 0 Å². The van der Waals surface area contributed by atoms with Crippen LogP contribution in [0.1, 0.15) is 16.7 Å². The summed E-state index contributed by atoms with van der Waals surface area (Å²) in [7, 11) is 1.30. The molecule has 1 heterocycles. The van der Waals surface area contributed by atoms with Crippen molar-refractivity contribution in [1.29, 1.82) is 0 Å². The summed E-state index contributed by atoms with van der Waals surface area (Å²) in [6, 6.07) is 27.5. The van der Waals surface area contributed by atoms with Crippen molar-refractivity contribution < 1.29 is 28.9 Å². The lowest BCUT2D eigenvalue weighted by Crippen LogP contribution is -2.44. The van der Waals surface area contributed by atoms with Gasteiger partial charge in [0.25, 0.3) is 0 Å². The van der Waals surface area contributed by atoms with Gasteiger partial charge in [0, 0.05) is 0 Å². The molecule has 0 radical (unpaired) electrons. The van der Waals surface area contributed by atoms with Crippen LogP contribution in [0, 0.1) is 0 Å². The normalized spacial score (nSPS) is 22.2. The molecule has 0 aromatic heterocycles. The number of hydrogen-bond acceptors (Lipinski definition) is 7. The maximum atomic E-state index is 12.7. The van der Waals surface area contributed by atoms with Crippen molar-refractivity contribution >= 4 is 5.97 Å². The van der Waals surface area contributed by atoms with Crippen LogP contribution in [0.4, 0.5) is 0 Å². The SMILES string of the molecule is COC(=O)C1C(OCc2ccccc2)C(OCc2ccccc2)C(COCc2ccccc2)N1O. The van der Waals surface area contributed by atoms with Gasteiger partial charge < -0.3 is 24.2 Å². The molecule has 184 valence electrons. The molecule has 0 spiro atoms. The largest absolute Gasteiger partial charge is 0.468 e. The Morgan fingerprint density at radius 1 is 0.743 bits per heavy atom. The number of methoxy groups -OCH3 is 1. The van der Waals surface area contributed by atoms with E-state index in [9.17, 15) is 10.0 Å². The van der Waals surface area contributed by atoms with E-state index in [0.29, 0.717) is 13.2 Å². The fourth-order valence-corrected chi connectivity index (χ4v) is 4.24. The van der Waals surface area contributed by atoms with Gasteiger partial charge in [-0.3, -0.25) is 4.79 Å². The Morgan fingerprint density at radius 2 is 1.20 bits per heavy atom. The molecule has 0 bridgehead atoms. The molecule has 1 saturated heterocycles. The molecule has 3 aromatic rings. The highest BCUT2D eigenvalue weighted by Crippen LogP contribution is 2.31. The lowest BCUT2D eigenvalue weighted by molar-refractivity contribution is -0.187. The smallest absolute Gasteiger partial charge is 0.328 e. The van der Waals surface area contributed by atoms with Crippen molar-refractivity contribution in [2.45, 2.75) is 44.1 Å². The van der Waals surface area contributed by atoms with E-state index in [2.05, 4.69) is 0 Å². The van der Waals surface area contributed by atoms with Crippen LogP contribution in [-0.4, -0.2) is 54.2 Å². The zero-order valence-corrected chi connectivity index (χ0v) is 19.7. The molecule has 0 amide bonds. The maximum Gasteiger partial charge on any atom is 0.328 e. The summed E-state index contributed by atoms with van der Waals surface area (Å²) in [5.41, 5.74) is 2.94. The molecule has 7 heteroatoms. The zero-order valence-electron chi connectivity index (χ0n) is 19.7. The number of hydroxylamine groups is 2. The van der Waals surface area contributed by atoms with Gasteiger partial charge in [-0.2, -0.15) is 5.06 Å². The number of carbonyl (C=O) groups excluding carboxylic acids is 1. The van der Waals surface area contributed by atoms with Crippen molar-refractivity contribution in [2.75, 3.05) is 13.7 Å². The first-order valence-electron chi connectivity index (χ1n) is 11.6. The van der Waals surface area contributed by atoms with E-state index in [4.69, 9.17) is 18.9 Å². The van der Waals surface area contributed by atoms with Crippen LogP contribution in [0.15, 0.2) is 91.0 Å². The second-order valence-corrected chi connectivity index (χ2v) is 8.44. The summed E-state index contributed by atoms with van der Waals surface area (Å²) in [6.07, 6.45) is -1.40. The minimum atomic E-state index is -1.05. The van der Waals surface area contributed by atoms with Crippen LogP contribution in [0.25, 0.3) is 0 Å². The first-order valence-corrected chi connectivity index (χ1v) is 11.6. The van der Waals surface area contributed by atoms with E-state index in [1.807, 2.05) is 91.0 Å². The molecule has 0 aliphatic carbocycles. The molecular weight excluding hydrogens is 446 g/mol. The van der Waals surface area contributed by atoms with Crippen LogP contribution < -0.4 is 0 Å². The Bertz CT molecular complexity index is 1030. The highest BCUT2D eigenvalue weighted by Gasteiger charge is 2.54. The van der Waals surface area contributed by atoms with Crippen LogP contribution in [0.3, 0.4) is 0 Å². The van der Waals surface area contributed by atoms with Crippen LogP contribution in [-0.2, 0) is 43.6 Å². The second-order valence-electron chi connectivity index (χ2n) is 8.44. The highest BCUT2D eigenvalue weighted by atomic mass is 16.6. The van der Waals surface area contributed by atoms with Crippen LogP contribution >= 0.6 is 0 Å². The average Bonchev–Trinajstić information content (AvgIpc) is 3.17. The van der Waals surface area contributed by atoms with Gasteiger partial charge in [-0.25, -0.2) is 0 Å². The Kier molecular flexibility index (Phi) is 9.00. The van der Waals surface area contributed by atoms with Gasteiger partial charge >= 0.3 is 5.97 Å². The highest BCUT2D eigenvalue weighted by molar-refractivity contribution is 5.77. The Balaban J connectivity index is 1.53. The van der Waals surface area contributed by atoms with Gasteiger partial charge in [-0.15, -0.1) is 0 Å². The fraction of sp³-hybridized carbons (Fsp3) is 0.321. The fourth-order valence-electron chi connectivity index (χ4n) is 4.24. The van der Waals surface area contributed by atoms with Gasteiger partial charge in [0.05, 0.1) is 39.6 Å². The van der Waals surface area contributed by atoms with E-state index in [1.54, 1.807) is 0 Å². The topological polar surface area (TPSA) is 77.5 Å². The minimum absolute atomic E-state index is 0.142. The van der Waals surface area contributed by atoms with Crippen LogP contribution in [0.5, 0.6) is 0 Å². The molecule has 1 N–H and O–H groups in total. The van der Waals surface area contributed by atoms with Gasteiger partial charge in [0.2, 0.25) is 0 Å². The molecule has 4 unspecified atom stereocenters. The standard InChI is InChI=1S/C28H31NO6/c1-32-28(30)25-27(35-19-23-15-9-4-10-16-23)26(34-18-22-13-7-3-8-14-22)24(29(25)31)20-33-17-21-11-5-2-6-12-21/h2-16,24-27,31H,17-20H2,1H3. The number of rotatable bonds is 11. The third-order valence-electron chi connectivity index (χ3n) is 6.05. The van der Waals surface area contributed by atoms with Gasteiger partial charge in [0.1, 0.15) is 12.2 Å². The lowest BCUT2D eigenvalue weighted by Gasteiger charge is -2.25. The summed E-state index contributed by atoms with van der Waals surface area (Å²) in [6.45, 7) is 1.07. The van der Waals surface area contributed by atoms with Crippen molar-refractivity contribution in [3.63, 3.8) is 0 Å². The van der Waals surface area contributed by atoms with Gasteiger partial charge in [-0.1, -0.05) is 91.0 Å². The lowest BCUT2D eigenvalue weighted by atomic mass is 10.1. The predicted octanol–water partition coefficient (Wildman–Crippen LogP) is 3.99. The molecule has 1 fully saturated rings. The Morgan fingerprint density at radius 3 is 1.69 bits per heavy atom. The van der Waals surface area contributed by atoms with E-state index in [0.717, 1.165) is 21.8 Å². The molecule has 4 rings (SSSR count). The summed E-state index contributed by atoms with van der Waals surface area (Å²) >= 11 is 0. The Labute approximate surface area is 205 Å². The molecular formula is C28H31NO6. The number of benzene rings is 3. The maximum absolute atomic E-state index is 12.7. The first-order chi connectivity index (χ1) is 17.2. The summed E-state index contributed by atoms with van der Waals surface area (Å²) < 4.78 is 23.4. The van der Waals surface area contributed by atoms with E-state index < -0.39 is 30.3 Å². The molecule has 1 aliphatic heterocycles. The molecule has 1 aliphatic rings. The minimum Gasteiger partial charge on any atom is -0.468 e. The molecule has 7 nitrogen and oxygen atoms in total. The second kappa shape index (κ2) is 12.6. The van der Waals surface area contributed by atoms with E-state index in [1.165, 1.54) is 7.11 Å². The number of hydrogen-bond donors (Lipinski definition) is 1. The van der Waals surface area contributed by atoms with E-state index in [-0.39, 0.29) is 13.2 Å². The van der Waals surface area contributed by atoms with Gasteiger partial charge in [-0.05, 0) is 16.7 Å². The summed E-state index contributed by atoms with van der Waals surface area (Å²) in [4.78, 5) is 12.7. The molecule has 4 atom stereocenters. The predicted molar refractivity (Wildman–Crippen MR) is 129 cm³/mol. The third-order valence-corrected chi connectivity index (χ3v) is 6.05.